The summed E-state index contributed by atoms with van der Waals surface area (Å²) in [4.78, 5) is 10.9. The van der Waals surface area contributed by atoms with E-state index in [0.717, 1.165) is 10.0 Å². The number of hydrogen-bond acceptors (Lipinski definition) is 1. The molecule has 0 amide bonds. The van der Waals surface area contributed by atoms with Crippen LogP contribution < -0.4 is 0 Å². The number of Topliss-reactive ketones (excluding diaryl/α,β-unsaturated/α-hetero) is 1. The summed E-state index contributed by atoms with van der Waals surface area (Å²) in [7, 11) is 0. The Bertz CT molecular complexity index is 290. The molecule has 2 rings (SSSR count). The van der Waals surface area contributed by atoms with Crippen LogP contribution in [0.3, 0.4) is 0 Å². The van der Waals surface area contributed by atoms with E-state index in [4.69, 9.17) is 0 Å². The van der Waals surface area contributed by atoms with Gasteiger partial charge in [0.05, 0.1) is 0 Å². The van der Waals surface area contributed by atoms with Gasteiger partial charge in [-0.3, -0.25) is 4.79 Å². The molecule has 0 aliphatic heterocycles. The summed E-state index contributed by atoms with van der Waals surface area (Å²) < 4.78 is 0.932. The second-order valence-electron chi connectivity index (χ2n) is 2.37. The molecular weight excluding hydrogens is 192 g/mol. The molecule has 0 atom stereocenters. The van der Waals surface area contributed by atoms with Crippen LogP contribution in [-0.4, -0.2) is 5.78 Å². The number of ketones is 1. The number of halogens is 1. The molecule has 1 aromatic rings. The first-order valence-corrected chi connectivity index (χ1v) is 3.89. The highest BCUT2D eigenvalue weighted by Gasteiger charge is 2.24. The van der Waals surface area contributed by atoms with Crippen LogP contribution in [0.15, 0.2) is 22.7 Å². The Hall–Kier alpha value is -0.630. The first-order valence-electron chi connectivity index (χ1n) is 3.09. The van der Waals surface area contributed by atoms with Crippen LogP contribution >= 0.6 is 15.9 Å². The predicted octanol–water partition coefficient (Wildman–Crippen LogP) is 2.19. The van der Waals surface area contributed by atoms with E-state index in [-0.39, 0.29) is 5.78 Å². The lowest BCUT2D eigenvalue weighted by Gasteiger charge is -2.17. The maximum absolute atomic E-state index is 10.9. The summed E-state index contributed by atoms with van der Waals surface area (Å²) >= 11 is 3.32. The van der Waals surface area contributed by atoms with Gasteiger partial charge >= 0.3 is 0 Å². The smallest absolute Gasteiger partial charge is 0.168 e. The van der Waals surface area contributed by atoms with E-state index >= 15 is 0 Å². The summed E-state index contributed by atoms with van der Waals surface area (Å²) in [6, 6.07) is 5.84. The van der Waals surface area contributed by atoms with Crippen LogP contribution in [0.25, 0.3) is 0 Å². The van der Waals surface area contributed by atoms with Crippen molar-refractivity contribution in [1.29, 1.82) is 0 Å². The molecule has 0 fully saturated rings. The van der Waals surface area contributed by atoms with Gasteiger partial charge in [-0.05, 0) is 11.6 Å². The molecule has 1 aromatic carbocycles. The minimum atomic E-state index is 0.252. The van der Waals surface area contributed by atoms with E-state index in [9.17, 15) is 4.79 Å². The van der Waals surface area contributed by atoms with E-state index < -0.39 is 0 Å². The first kappa shape index (κ1) is 6.10. The minimum absolute atomic E-state index is 0.252. The van der Waals surface area contributed by atoms with Gasteiger partial charge in [0.25, 0.3) is 0 Å². The second kappa shape index (κ2) is 1.92. The zero-order chi connectivity index (χ0) is 7.14. The molecule has 0 aromatic heterocycles. The van der Waals surface area contributed by atoms with Gasteiger partial charge in [-0.25, -0.2) is 0 Å². The number of carbonyl (C=O) groups excluding carboxylic acids is 1. The molecule has 0 saturated heterocycles. The quantitative estimate of drug-likeness (QED) is 0.622. The standard InChI is InChI=1S/C8H5BrO/c9-6-3-1-2-5-4-7(10)8(5)6/h1-3H,4H2. The van der Waals surface area contributed by atoms with Crippen LogP contribution in [0.1, 0.15) is 15.9 Å². The summed E-state index contributed by atoms with van der Waals surface area (Å²) in [6.07, 6.45) is 0.620. The van der Waals surface area contributed by atoms with Gasteiger partial charge in [0, 0.05) is 16.5 Å². The number of carbonyl (C=O) groups is 1. The molecule has 0 unspecified atom stereocenters. The van der Waals surface area contributed by atoms with Gasteiger partial charge in [-0.15, -0.1) is 0 Å². The lowest BCUT2D eigenvalue weighted by molar-refractivity contribution is 0.0967. The van der Waals surface area contributed by atoms with Crippen LogP contribution in [0, 0.1) is 0 Å². The Balaban J connectivity index is 2.68. The molecule has 0 radical (unpaired) electrons. The molecule has 0 bridgehead atoms. The van der Waals surface area contributed by atoms with E-state index in [2.05, 4.69) is 15.9 Å². The third-order valence-electron chi connectivity index (χ3n) is 1.73. The van der Waals surface area contributed by atoms with E-state index in [1.807, 2.05) is 18.2 Å². The van der Waals surface area contributed by atoms with Crippen LogP contribution in [0.4, 0.5) is 0 Å². The fraction of sp³-hybridized carbons (Fsp3) is 0.125. The normalized spacial score (nSPS) is 14.3. The molecule has 0 saturated carbocycles. The maximum Gasteiger partial charge on any atom is 0.168 e. The topological polar surface area (TPSA) is 17.1 Å². The second-order valence-corrected chi connectivity index (χ2v) is 3.23. The van der Waals surface area contributed by atoms with Crippen molar-refractivity contribution < 1.29 is 4.79 Å². The van der Waals surface area contributed by atoms with Crippen molar-refractivity contribution in [3.63, 3.8) is 0 Å². The van der Waals surface area contributed by atoms with Gasteiger partial charge in [0.1, 0.15) is 0 Å². The van der Waals surface area contributed by atoms with Gasteiger partial charge in [0.15, 0.2) is 5.78 Å². The van der Waals surface area contributed by atoms with Crippen molar-refractivity contribution in [2.75, 3.05) is 0 Å². The minimum Gasteiger partial charge on any atom is -0.294 e. The Morgan fingerprint density at radius 2 is 2.20 bits per heavy atom. The molecule has 50 valence electrons. The molecule has 10 heavy (non-hydrogen) atoms. The number of benzene rings is 1. The number of fused-ring (bicyclic) bond motifs is 1. The van der Waals surface area contributed by atoms with Crippen LogP contribution in [-0.2, 0) is 6.42 Å². The Morgan fingerprint density at radius 3 is 2.70 bits per heavy atom. The van der Waals surface area contributed by atoms with E-state index in [1.54, 1.807) is 0 Å². The third-order valence-corrected chi connectivity index (χ3v) is 2.39. The fourth-order valence-electron chi connectivity index (χ4n) is 1.18. The lowest BCUT2D eigenvalue weighted by Crippen LogP contribution is -2.18. The van der Waals surface area contributed by atoms with Crippen LogP contribution in [0.2, 0.25) is 0 Å². The molecule has 1 aliphatic carbocycles. The van der Waals surface area contributed by atoms with Crippen molar-refractivity contribution >= 4 is 21.7 Å². The van der Waals surface area contributed by atoms with E-state index in [0.29, 0.717) is 6.42 Å². The third kappa shape index (κ3) is 0.655. The average Bonchev–Trinajstić information content (AvgIpc) is 1.85. The van der Waals surface area contributed by atoms with Crippen molar-refractivity contribution in [2.45, 2.75) is 6.42 Å². The summed E-state index contributed by atoms with van der Waals surface area (Å²) in [5.74, 6) is 0.252. The lowest BCUT2D eigenvalue weighted by atomic mass is 9.87. The summed E-state index contributed by atoms with van der Waals surface area (Å²) in [5, 5.41) is 0. The van der Waals surface area contributed by atoms with Crippen molar-refractivity contribution in [3.05, 3.63) is 33.8 Å². The monoisotopic (exact) mass is 196 g/mol. The number of rotatable bonds is 0. The predicted molar refractivity (Wildman–Crippen MR) is 42.2 cm³/mol. The molecule has 1 aliphatic rings. The zero-order valence-electron chi connectivity index (χ0n) is 5.23. The highest BCUT2D eigenvalue weighted by Crippen LogP contribution is 2.29. The average molecular weight is 197 g/mol. The van der Waals surface area contributed by atoms with E-state index in [1.165, 1.54) is 5.56 Å². The van der Waals surface area contributed by atoms with Crippen LogP contribution in [0.5, 0.6) is 0 Å². The Morgan fingerprint density at radius 1 is 1.40 bits per heavy atom. The van der Waals surface area contributed by atoms with Gasteiger partial charge in [-0.1, -0.05) is 28.1 Å². The molecule has 0 spiro atoms. The SMILES string of the molecule is O=C1Cc2cccc(Br)c21. The summed E-state index contributed by atoms with van der Waals surface area (Å²) in [5.41, 5.74) is 2.04. The zero-order valence-corrected chi connectivity index (χ0v) is 6.81. The first-order chi connectivity index (χ1) is 4.79. The highest BCUT2D eigenvalue weighted by atomic mass is 79.9. The number of hydrogen-bond donors (Lipinski definition) is 0. The fourth-order valence-corrected chi connectivity index (χ4v) is 1.81. The van der Waals surface area contributed by atoms with Crippen molar-refractivity contribution in [3.8, 4) is 0 Å². The molecule has 0 N–H and O–H groups in total. The molecule has 0 heterocycles. The Labute approximate surface area is 67.2 Å². The Kier molecular flexibility index (Phi) is 1.17. The largest absolute Gasteiger partial charge is 0.294 e. The maximum atomic E-state index is 10.9. The van der Waals surface area contributed by atoms with Gasteiger partial charge in [0.2, 0.25) is 0 Å². The van der Waals surface area contributed by atoms with Gasteiger partial charge in [-0.2, -0.15) is 0 Å². The van der Waals surface area contributed by atoms with Gasteiger partial charge < -0.3 is 0 Å². The van der Waals surface area contributed by atoms with Crippen molar-refractivity contribution in [1.82, 2.24) is 0 Å². The molecule has 2 heteroatoms. The molecular formula is C8H5BrO. The summed E-state index contributed by atoms with van der Waals surface area (Å²) in [6.45, 7) is 0. The van der Waals surface area contributed by atoms with Crippen molar-refractivity contribution in [2.24, 2.45) is 0 Å². The highest BCUT2D eigenvalue weighted by molar-refractivity contribution is 9.10. The molecule has 1 nitrogen and oxygen atoms in total.